The zero-order chi connectivity index (χ0) is 10.1. The van der Waals surface area contributed by atoms with Gasteiger partial charge in [-0.25, -0.2) is 0 Å². The molecule has 80 valence electrons. The van der Waals surface area contributed by atoms with Crippen molar-refractivity contribution in [2.75, 3.05) is 0 Å². The Morgan fingerprint density at radius 2 is 1.50 bits per heavy atom. The second-order valence-electron chi connectivity index (χ2n) is 4.50. The lowest BCUT2D eigenvalue weighted by atomic mass is 9.93. The molecule has 1 rings (SSSR count). The maximum absolute atomic E-state index is 5.98. The number of nitrogens with two attached hydrogens (primary N) is 1. The summed E-state index contributed by atoms with van der Waals surface area (Å²) in [6.07, 6.45) is 0. The van der Waals surface area contributed by atoms with E-state index in [0.29, 0.717) is 5.92 Å². The number of rotatable bonds is 2. The average molecular weight is 214 g/mol. The van der Waals surface area contributed by atoms with Crippen molar-refractivity contribution in [3.63, 3.8) is 0 Å². The van der Waals surface area contributed by atoms with Gasteiger partial charge in [-0.15, -0.1) is 12.4 Å². The predicted octanol–water partition coefficient (Wildman–Crippen LogP) is 3.43. The van der Waals surface area contributed by atoms with Gasteiger partial charge in [-0.2, -0.15) is 0 Å². The van der Waals surface area contributed by atoms with Gasteiger partial charge in [-0.05, 0) is 30.9 Å². The van der Waals surface area contributed by atoms with Crippen LogP contribution in [0.4, 0.5) is 0 Å². The minimum atomic E-state index is -0.227. The molecule has 2 heteroatoms. The summed E-state index contributed by atoms with van der Waals surface area (Å²) in [7, 11) is 0. The molecule has 0 unspecified atom stereocenters. The fraction of sp³-hybridized carbons (Fsp3) is 0.500. The Labute approximate surface area is 93.1 Å². The summed E-state index contributed by atoms with van der Waals surface area (Å²) in [4.78, 5) is 0. The first kappa shape index (κ1) is 13.5. The van der Waals surface area contributed by atoms with Crippen molar-refractivity contribution < 1.29 is 0 Å². The number of halogens is 1. The van der Waals surface area contributed by atoms with E-state index < -0.39 is 0 Å². The summed E-state index contributed by atoms with van der Waals surface area (Å²) < 4.78 is 0. The largest absolute Gasteiger partial charge is 0.322 e. The molecule has 0 saturated carbocycles. The average Bonchev–Trinajstić information content (AvgIpc) is 2.03. The van der Waals surface area contributed by atoms with Gasteiger partial charge in [0.15, 0.2) is 0 Å². The minimum absolute atomic E-state index is 0. The molecule has 0 radical (unpaired) electrons. The van der Waals surface area contributed by atoms with E-state index >= 15 is 0 Å². The molecule has 1 nitrogen and oxygen atoms in total. The molecule has 0 bridgehead atoms. The third kappa shape index (κ3) is 3.32. The van der Waals surface area contributed by atoms with Crippen LogP contribution in [0.1, 0.15) is 44.7 Å². The van der Waals surface area contributed by atoms with Crippen molar-refractivity contribution in [3.8, 4) is 0 Å². The van der Waals surface area contributed by atoms with Crippen LogP contribution in [0.2, 0.25) is 0 Å². The first-order valence-corrected chi connectivity index (χ1v) is 4.80. The van der Waals surface area contributed by atoms with Gasteiger partial charge in [0.05, 0.1) is 0 Å². The number of hydrogen-bond donors (Lipinski definition) is 1. The van der Waals surface area contributed by atoms with Gasteiger partial charge in [0.2, 0.25) is 0 Å². The molecule has 1 aromatic rings. The second kappa shape index (κ2) is 4.81. The van der Waals surface area contributed by atoms with E-state index in [1.165, 1.54) is 11.1 Å². The Hall–Kier alpha value is -0.530. The fourth-order valence-corrected chi connectivity index (χ4v) is 1.30. The zero-order valence-electron chi connectivity index (χ0n) is 9.37. The summed E-state index contributed by atoms with van der Waals surface area (Å²) >= 11 is 0. The molecule has 0 amide bonds. The lowest BCUT2D eigenvalue weighted by Gasteiger charge is -2.19. The van der Waals surface area contributed by atoms with Gasteiger partial charge < -0.3 is 5.73 Å². The third-order valence-electron chi connectivity index (χ3n) is 2.32. The van der Waals surface area contributed by atoms with Gasteiger partial charge in [-0.1, -0.05) is 38.1 Å². The maximum atomic E-state index is 5.98. The number of hydrogen-bond acceptors (Lipinski definition) is 1. The van der Waals surface area contributed by atoms with Crippen molar-refractivity contribution in [1.82, 2.24) is 0 Å². The van der Waals surface area contributed by atoms with Crippen LogP contribution >= 0.6 is 12.4 Å². The maximum Gasteiger partial charge on any atom is 0.0352 e. The molecular weight excluding hydrogens is 194 g/mol. The van der Waals surface area contributed by atoms with Crippen molar-refractivity contribution in [2.45, 2.75) is 39.2 Å². The van der Waals surface area contributed by atoms with E-state index in [1.54, 1.807) is 0 Å². The number of benzene rings is 1. The first-order chi connectivity index (χ1) is 5.91. The van der Waals surface area contributed by atoms with Gasteiger partial charge in [0.1, 0.15) is 0 Å². The van der Waals surface area contributed by atoms with E-state index in [1.807, 2.05) is 13.8 Å². The highest BCUT2D eigenvalue weighted by atomic mass is 35.5. The smallest absolute Gasteiger partial charge is 0.0352 e. The lowest BCUT2D eigenvalue weighted by molar-refractivity contribution is 0.554. The van der Waals surface area contributed by atoms with Gasteiger partial charge in [0, 0.05) is 5.54 Å². The molecule has 0 aliphatic rings. The Morgan fingerprint density at radius 3 is 1.79 bits per heavy atom. The van der Waals surface area contributed by atoms with E-state index in [2.05, 4.69) is 38.1 Å². The molecule has 0 fully saturated rings. The van der Waals surface area contributed by atoms with E-state index in [0.717, 1.165) is 0 Å². The van der Waals surface area contributed by atoms with Gasteiger partial charge >= 0.3 is 0 Å². The SMILES string of the molecule is CC(C)c1ccc(C(C)(C)N)cc1.Cl. The highest BCUT2D eigenvalue weighted by molar-refractivity contribution is 5.85. The van der Waals surface area contributed by atoms with Crippen LogP contribution in [0.15, 0.2) is 24.3 Å². The van der Waals surface area contributed by atoms with Gasteiger partial charge in [0.25, 0.3) is 0 Å². The quantitative estimate of drug-likeness (QED) is 0.801. The Morgan fingerprint density at radius 1 is 1.07 bits per heavy atom. The van der Waals surface area contributed by atoms with Crippen LogP contribution in [-0.2, 0) is 5.54 Å². The Kier molecular flexibility index (Phi) is 4.63. The van der Waals surface area contributed by atoms with Crippen LogP contribution in [0.25, 0.3) is 0 Å². The fourth-order valence-electron chi connectivity index (χ4n) is 1.30. The minimum Gasteiger partial charge on any atom is -0.322 e. The normalized spacial score (nSPS) is 11.3. The van der Waals surface area contributed by atoms with Crippen molar-refractivity contribution in [3.05, 3.63) is 35.4 Å². The lowest BCUT2D eigenvalue weighted by Crippen LogP contribution is -2.28. The Bertz CT molecular complexity index is 269. The molecule has 1 aromatic carbocycles. The van der Waals surface area contributed by atoms with Gasteiger partial charge in [-0.3, -0.25) is 0 Å². The molecule has 0 aliphatic carbocycles. The summed E-state index contributed by atoms with van der Waals surface area (Å²) in [5.41, 5.74) is 8.32. The summed E-state index contributed by atoms with van der Waals surface area (Å²) in [6.45, 7) is 8.44. The molecule has 0 atom stereocenters. The highest BCUT2D eigenvalue weighted by Crippen LogP contribution is 2.20. The highest BCUT2D eigenvalue weighted by Gasteiger charge is 2.13. The zero-order valence-corrected chi connectivity index (χ0v) is 10.2. The molecule has 0 aliphatic heterocycles. The first-order valence-electron chi connectivity index (χ1n) is 4.80. The molecule has 0 heterocycles. The molecule has 14 heavy (non-hydrogen) atoms. The molecule has 0 saturated heterocycles. The summed E-state index contributed by atoms with van der Waals surface area (Å²) in [5.74, 6) is 0.593. The monoisotopic (exact) mass is 213 g/mol. The standard InChI is InChI=1S/C12H19N.ClH/c1-9(2)10-5-7-11(8-6-10)12(3,4)13;/h5-9H,13H2,1-4H3;1H. The molecule has 0 spiro atoms. The van der Waals surface area contributed by atoms with Crippen molar-refractivity contribution in [1.29, 1.82) is 0 Å². The second-order valence-corrected chi connectivity index (χ2v) is 4.50. The third-order valence-corrected chi connectivity index (χ3v) is 2.32. The van der Waals surface area contributed by atoms with Crippen molar-refractivity contribution in [2.24, 2.45) is 5.73 Å². The summed E-state index contributed by atoms with van der Waals surface area (Å²) in [5, 5.41) is 0. The van der Waals surface area contributed by atoms with Crippen LogP contribution in [0.3, 0.4) is 0 Å². The van der Waals surface area contributed by atoms with Crippen LogP contribution in [-0.4, -0.2) is 0 Å². The Balaban J connectivity index is 0.00000169. The topological polar surface area (TPSA) is 26.0 Å². The molecule has 0 aromatic heterocycles. The van der Waals surface area contributed by atoms with Crippen LogP contribution < -0.4 is 5.73 Å². The van der Waals surface area contributed by atoms with Crippen LogP contribution in [0, 0.1) is 0 Å². The van der Waals surface area contributed by atoms with Crippen molar-refractivity contribution >= 4 is 12.4 Å². The van der Waals surface area contributed by atoms with Crippen LogP contribution in [0.5, 0.6) is 0 Å². The van der Waals surface area contributed by atoms with E-state index in [-0.39, 0.29) is 17.9 Å². The van der Waals surface area contributed by atoms with E-state index in [9.17, 15) is 0 Å². The van der Waals surface area contributed by atoms with E-state index in [4.69, 9.17) is 5.73 Å². The molecular formula is C12H20ClN. The summed E-state index contributed by atoms with van der Waals surface area (Å²) in [6, 6.07) is 8.56. The molecule has 2 N–H and O–H groups in total. The predicted molar refractivity (Wildman–Crippen MR) is 65.0 cm³/mol.